The minimum atomic E-state index is -0.135. The number of nitrogens with zero attached hydrogens (tertiary/aromatic N) is 2. The van der Waals surface area contributed by atoms with E-state index in [0.717, 1.165) is 8.26 Å². The van der Waals surface area contributed by atoms with Crippen LogP contribution in [0.4, 0.5) is 5.69 Å². The molecule has 0 saturated carbocycles. The SMILES string of the molecule is Cn1cc(NC(=O)c2cc(Br)c(Br)s2)cn1. The fraction of sp³-hybridized carbons (Fsp3) is 0.111. The Morgan fingerprint density at radius 1 is 1.56 bits per heavy atom. The van der Waals surface area contributed by atoms with E-state index in [1.165, 1.54) is 11.3 Å². The molecule has 2 aromatic rings. The molecule has 0 aliphatic rings. The third kappa shape index (κ3) is 2.53. The highest BCUT2D eigenvalue weighted by molar-refractivity contribution is 9.13. The molecule has 2 rings (SSSR count). The molecule has 0 aliphatic carbocycles. The van der Waals surface area contributed by atoms with E-state index in [9.17, 15) is 4.79 Å². The van der Waals surface area contributed by atoms with Crippen LogP contribution in [0.2, 0.25) is 0 Å². The van der Waals surface area contributed by atoms with Crippen molar-refractivity contribution in [3.8, 4) is 0 Å². The van der Waals surface area contributed by atoms with Crippen molar-refractivity contribution in [3.05, 3.63) is 31.6 Å². The lowest BCUT2D eigenvalue weighted by Gasteiger charge is -1.97. The summed E-state index contributed by atoms with van der Waals surface area (Å²) in [6.07, 6.45) is 3.35. The first-order valence-corrected chi connectivity index (χ1v) is 6.71. The predicted octanol–water partition coefficient (Wildman–Crippen LogP) is 3.26. The van der Waals surface area contributed by atoms with E-state index in [0.29, 0.717) is 10.6 Å². The largest absolute Gasteiger partial charge is 0.319 e. The van der Waals surface area contributed by atoms with Gasteiger partial charge in [0.05, 0.1) is 20.5 Å². The molecule has 0 saturated heterocycles. The van der Waals surface area contributed by atoms with Crippen LogP contribution in [-0.2, 0) is 7.05 Å². The van der Waals surface area contributed by atoms with E-state index in [2.05, 4.69) is 42.3 Å². The minimum absolute atomic E-state index is 0.135. The fourth-order valence-corrected chi connectivity index (χ4v) is 3.07. The van der Waals surface area contributed by atoms with Gasteiger partial charge in [0.2, 0.25) is 0 Å². The molecule has 0 bridgehead atoms. The normalized spacial score (nSPS) is 10.4. The summed E-state index contributed by atoms with van der Waals surface area (Å²) in [5.74, 6) is -0.135. The molecular formula is C9H7Br2N3OS. The molecule has 0 aliphatic heterocycles. The Kier molecular flexibility index (Phi) is 3.46. The molecule has 2 heterocycles. The Labute approximate surface area is 113 Å². The zero-order valence-electron chi connectivity index (χ0n) is 8.20. The number of hydrogen-bond donors (Lipinski definition) is 1. The van der Waals surface area contributed by atoms with Gasteiger partial charge in [-0.1, -0.05) is 0 Å². The van der Waals surface area contributed by atoms with Gasteiger partial charge in [-0.3, -0.25) is 9.48 Å². The van der Waals surface area contributed by atoms with Crippen LogP contribution in [-0.4, -0.2) is 15.7 Å². The maximum Gasteiger partial charge on any atom is 0.265 e. The van der Waals surface area contributed by atoms with Crippen LogP contribution in [0.1, 0.15) is 9.67 Å². The highest BCUT2D eigenvalue weighted by atomic mass is 79.9. The molecule has 2 aromatic heterocycles. The van der Waals surface area contributed by atoms with Crippen LogP contribution in [0.5, 0.6) is 0 Å². The molecule has 0 spiro atoms. The van der Waals surface area contributed by atoms with E-state index in [1.54, 1.807) is 30.2 Å². The van der Waals surface area contributed by atoms with Gasteiger partial charge in [-0.05, 0) is 37.9 Å². The maximum atomic E-state index is 11.8. The molecule has 0 atom stereocenters. The van der Waals surface area contributed by atoms with Crippen LogP contribution in [0, 0.1) is 0 Å². The van der Waals surface area contributed by atoms with E-state index >= 15 is 0 Å². The van der Waals surface area contributed by atoms with Gasteiger partial charge in [0.1, 0.15) is 0 Å². The smallest absolute Gasteiger partial charge is 0.265 e. The summed E-state index contributed by atoms with van der Waals surface area (Å²) < 4.78 is 3.42. The quantitative estimate of drug-likeness (QED) is 0.888. The Balaban J connectivity index is 2.14. The number of aryl methyl sites for hydroxylation is 1. The van der Waals surface area contributed by atoms with Crippen molar-refractivity contribution in [2.45, 2.75) is 0 Å². The molecule has 0 unspecified atom stereocenters. The number of hydrogen-bond acceptors (Lipinski definition) is 3. The van der Waals surface area contributed by atoms with Gasteiger partial charge in [-0.15, -0.1) is 11.3 Å². The van der Waals surface area contributed by atoms with Crippen LogP contribution in [0.3, 0.4) is 0 Å². The lowest BCUT2D eigenvalue weighted by Crippen LogP contribution is -2.09. The first-order valence-electron chi connectivity index (χ1n) is 4.31. The Bertz CT molecular complexity index is 515. The molecule has 1 amide bonds. The van der Waals surface area contributed by atoms with Crippen LogP contribution < -0.4 is 5.32 Å². The summed E-state index contributed by atoms with van der Waals surface area (Å²) in [5, 5.41) is 6.74. The van der Waals surface area contributed by atoms with E-state index in [-0.39, 0.29) is 5.91 Å². The maximum absolute atomic E-state index is 11.8. The van der Waals surface area contributed by atoms with Gasteiger partial charge < -0.3 is 5.32 Å². The standard InChI is InChI=1S/C9H7Br2N3OS/c1-14-4-5(3-12-14)13-9(15)7-2-6(10)8(11)16-7/h2-4H,1H3,(H,13,15). The number of carbonyl (C=O) groups is 1. The summed E-state index contributed by atoms with van der Waals surface area (Å²) >= 11 is 8.07. The number of anilines is 1. The van der Waals surface area contributed by atoms with E-state index in [4.69, 9.17) is 0 Å². The number of rotatable bonds is 2. The zero-order chi connectivity index (χ0) is 11.7. The molecule has 0 fully saturated rings. The molecule has 84 valence electrons. The van der Waals surface area contributed by atoms with Crippen molar-refractivity contribution >= 4 is 54.8 Å². The molecule has 0 radical (unpaired) electrons. The lowest BCUT2D eigenvalue weighted by atomic mass is 10.4. The number of aromatic nitrogens is 2. The molecular weight excluding hydrogens is 358 g/mol. The molecule has 16 heavy (non-hydrogen) atoms. The summed E-state index contributed by atoms with van der Waals surface area (Å²) in [6, 6.07) is 1.78. The number of thiophene rings is 1. The average molecular weight is 365 g/mol. The first kappa shape index (κ1) is 11.8. The van der Waals surface area contributed by atoms with Crippen molar-refractivity contribution in [3.63, 3.8) is 0 Å². The zero-order valence-corrected chi connectivity index (χ0v) is 12.2. The lowest BCUT2D eigenvalue weighted by molar-refractivity contribution is 0.103. The van der Waals surface area contributed by atoms with Crippen LogP contribution >= 0.6 is 43.2 Å². The summed E-state index contributed by atoms with van der Waals surface area (Å²) in [7, 11) is 1.80. The van der Waals surface area contributed by atoms with Gasteiger partial charge in [-0.2, -0.15) is 5.10 Å². The van der Waals surface area contributed by atoms with Crippen molar-refractivity contribution in [1.82, 2.24) is 9.78 Å². The average Bonchev–Trinajstić information content (AvgIpc) is 2.75. The Morgan fingerprint density at radius 2 is 2.31 bits per heavy atom. The van der Waals surface area contributed by atoms with Crippen molar-refractivity contribution < 1.29 is 4.79 Å². The fourth-order valence-electron chi connectivity index (χ4n) is 1.14. The summed E-state index contributed by atoms with van der Waals surface area (Å²) in [5.41, 5.74) is 0.688. The van der Waals surface area contributed by atoms with E-state index in [1.807, 2.05) is 0 Å². The summed E-state index contributed by atoms with van der Waals surface area (Å²) in [4.78, 5) is 12.5. The van der Waals surface area contributed by atoms with Crippen LogP contribution in [0.15, 0.2) is 26.7 Å². The predicted molar refractivity (Wildman–Crippen MR) is 70.9 cm³/mol. The second-order valence-corrected chi connectivity index (χ2v) is 6.31. The molecule has 0 aromatic carbocycles. The van der Waals surface area contributed by atoms with Gasteiger partial charge in [0.15, 0.2) is 0 Å². The molecule has 4 nitrogen and oxygen atoms in total. The number of amides is 1. The minimum Gasteiger partial charge on any atom is -0.319 e. The topological polar surface area (TPSA) is 46.9 Å². The van der Waals surface area contributed by atoms with Gasteiger partial charge in [-0.25, -0.2) is 0 Å². The Morgan fingerprint density at radius 3 is 2.81 bits per heavy atom. The highest BCUT2D eigenvalue weighted by Gasteiger charge is 2.12. The summed E-state index contributed by atoms with van der Waals surface area (Å²) in [6.45, 7) is 0. The monoisotopic (exact) mass is 363 g/mol. The second-order valence-electron chi connectivity index (χ2n) is 3.09. The van der Waals surface area contributed by atoms with Crippen LogP contribution in [0.25, 0.3) is 0 Å². The number of nitrogens with one attached hydrogen (secondary N) is 1. The highest BCUT2D eigenvalue weighted by Crippen LogP contribution is 2.32. The third-order valence-corrected chi connectivity index (χ3v) is 5.09. The van der Waals surface area contributed by atoms with Gasteiger partial charge in [0, 0.05) is 17.7 Å². The third-order valence-electron chi connectivity index (χ3n) is 1.83. The number of carbonyl (C=O) groups excluding carboxylic acids is 1. The Hall–Kier alpha value is -0.660. The molecule has 7 heteroatoms. The van der Waals surface area contributed by atoms with Crippen molar-refractivity contribution in [1.29, 1.82) is 0 Å². The molecule has 1 N–H and O–H groups in total. The number of halogens is 2. The first-order chi connectivity index (χ1) is 7.56. The van der Waals surface area contributed by atoms with E-state index < -0.39 is 0 Å². The van der Waals surface area contributed by atoms with Crippen molar-refractivity contribution in [2.24, 2.45) is 7.05 Å². The van der Waals surface area contributed by atoms with Gasteiger partial charge in [0.25, 0.3) is 5.91 Å². The second kappa shape index (κ2) is 4.68. The van der Waals surface area contributed by atoms with Gasteiger partial charge >= 0.3 is 0 Å². The van der Waals surface area contributed by atoms with Crippen molar-refractivity contribution in [2.75, 3.05) is 5.32 Å².